The topological polar surface area (TPSA) is 88.1 Å². The highest BCUT2D eigenvalue weighted by Crippen LogP contribution is 2.60. The summed E-state index contributed by atoms with van der Waals surface area (Å²) in [4.78, 5) is 28.4. The van der Waals surface area contributed by atoms with Gasteiger partial charge in [0.1, 0.15) is 5.75 Å². The average Bonchev–Trinajstić information content (AvgIpc) is 3.36. The fourth-order valence-electron chi connectivity index (χ4n) is 6.91. The monoisotopic (exact) mass is 558 g/mol. The van der Waals surface area contributed by atoms with E-state index in [1.165, 1.54) is 12.1 Å². The Morgan fingerprint density at radius 1 is 1.10 bits per heavy atom. The number of methoxy groups -OCH3 is 1. The van der Waals surface area contributed by atoms with E-state index in [4.69, 9.17) is 9.47 Å². The van der Waals surface area contributed by atoms with Gasteiger partial charge < -0.3 is 24.8 Å². The van der Waals surface area contributed by atoms with Crippen LogP contribution in [0.5, 0.6) is 5.75 Å². The Morgan fingerprint density at radius 2 is 1.80 bits per heavy atom. The fraction of sp³-hybridized carbons (Fsp3) is 0.375. The van der Waals surface area contributed by atoms with Crippen LogP contribution in [0, 0.1) is 5.92 Å². The lowest BCUT2D eigenvalue weighted by atomic mass is 9.82. The van der Waals surface area contributed by atoms with E-state index in [9.17, 15) is 14.7 Å². The lowest BCUT2D eigenvalue weighted by Crippen LogP contribution is -2.51. The van der Waals surface area contributed by atoms with E-state index in [1.807, 2.05) is 65.6 Å². The number of fused-ring (bicyclic) bond motifs is 2. The maximum atomic E-state index is 14.6. The first-order valence-electron chi connectivity index (χ1n) is 13.8. The minimum atomic E-state index is -2.26. The summed E-state index contributed by atoms with van der Waals surface area (Å²) >= 11 is 0. The molecule has 0 saturated carbocycles. The van der Waals surface area contributed by atoms with Gasteiger partial charge in [0.25, 0.3) is 5.91 Å². The molecule has 0 aromatic heterocycles. The number of aliphatic hydroxyl groups excluding tert-OH is 1. The molecule has 40 heavy (non-hydrogen) atoms. The van der Waals surface area contributed by atoms with E-state index < -0.39 is 13.7 Å². The molecule has 2 aliphatic rings. The van der Waals surface area contributed by atoms with Crippen LogP contribution in [0.2, 0.25) is 18.6 Å². The van der Waals surface area contributed by atoms with Gasteiger partial charge in [0.2, 0.25) is 5.91 Å². The van der Waals surface area contributed by atoms with Crippen LogP contribution in [0.1, 0.15) is 31.4 Å². The van der Waals surface area contributed by atoms with Crippen LogP contribution in [0.15, 0.2) is 72.8 Å². The SMILES string of the molecule is COc1ccc([Si](C)(C)[C@H]2[C@H](CCO)O[C@@]3(C(=O)N(Cc4ccccc4)c4ccc(NC(C)=O)cc43)[C@@H]2C)cc1. The van der Waals surface area contributed by atoms with Gasteiger partial charge in [0.15, 0.2) is 5.60 Å². The van der Waals surface area contributed by atoms with Gasteiger partial charge in [0.05, 0.1) is 33.5 Å². The van der Waals surface area contributed by atoms with Crippen molar-refractivity contribution < 1.29 is 24.2 Å². The number of nitrogens with one attached hydrogen (secondary N) is 1. The van der Waals surface area contributed by atoms with E-state index in [1.54, 1.807) is 7.11 Å². The Hall–Kier alpha value is -3.46. The Kier molecular flexibility index (Phi) is 7.61. The van der Waals surface area contributed by atoms with E-state index in [-0.39, 0.29) is 36.0 Å². The lowest BCUT2D eigenvalue weighted by molar-refractivity contribution is -0.146. The van der Waals surface area contributed by atoms with Crippen molar-refractivity contribution in [3.63, 3.8) is 0 Å². The van der Waals surface area contributed by atoms with Crippen LogP contribution >= 0.6 is 0 Å². The molecule has 3 aromatic carbocycles. The normalized spacial score (nSPS) is 23.9. The van der Waals surface area contributed by atoms with Gasteiger partial charge in [-0.25, -0.2) is 0 Å². The van der Waals surface area contributed by atoms with Gasteiger partial charge in [-0.15, -0.1) is 0 Å². The number of anilines is 2. The smallest absolute Gasteiger partial charge is 0.264 e. The number of rotatable bonds is 8. The second-order valence-electron chi connectivity index (χ2n) is 11.5. The second kappa shape index (κ2) is 10.8. The largest absolute Gasteiger partial charge is 0.497 e. The minimum absolute atomic E-state index is 0.0300. The third kappa shape index (κ3) is 4.64. The molecule has 7 nitrogen and oxygen atoms in total. The standard InChI is InChI=1S/C32H38N2O5Si/c1-21-30(40(4,5)26-14-12-25(38-3)13-15-26)29(17-18-35)39-32(21)27-19-24(33-22(2)36)11-16-28(27)34(31(32)37)20-23-9-7-6-8-10-23/h6-16,19,21,29-30,35H,17-18,20H2,1-5H3,(H,33,36)/t21-,29+,30-,32+/m1/s1. The Bertz CT molecular complexity index is 1390. The third-order valence-electron chi connectivity index (χ3n) is 8.75. The molecule has 0 aliphatic carbocycles. The number of hydrogen-bond donors (Lipinski definition) is 2. The molecule has 2 N–H and O–H groups in total. The van der Waals surface area contributed by atoms with Crippen molar-refractivity contribution in [1.82, 2.24) is 0 Å². The first kappa shape index (κ1) is 28.1. The highest BCUT2D eigenvalue weighted by molar-refractivity contribution is 6.91. The molecule has 2 heterocycles. The summed E-state index contributed by atoms with van der Waals surface area (Å²) < 4.78 is 12.3. The molecule has 3 aromatic rings. The number of carbonyl (C=O) groups excluding carboxylic acids is 2. The van der Waals surface area contributed by atoms with Crippen LogP contribution in [-0.2, 0) is 26.5 Å². The van der Waals surface area contributed by atoms with Crippen molar-refractivity contribution in [2.24, 2.45) is 5.92 Å². The average molecular weight is 559 g/mol. The summed E-state index contributed by atoms with van der Waals surface area (Å²) in [7, 11) is -0.600. The summed E-state index contributed by atoms with van der Waals surface area (Å²) in [5.41, 5.74) is 2.04. The van der Waals surface area contributed by atoms with Crippen molar-refractivity contribution in [3.05, 3.63) is 83.9 Å². The Morgan fingerprint density at radius 3 is 2.42 bits per heavy atom. The molecule has 0 radical (unpaired) electrons. The maximum Gasteiger partial charge on any atom is 0.264 e. The first-order valence-corrected chi connectivity index (χ1v) is 16.9. The third-order valence-corrected chi connectivity index (χ3v) is 13.1. The zero-order chi connectivity index (χ0) is 28.7. The van der Waals surface area contributed by atoms with Gasteiger partial charge in [0, 0.05) is 30.7 Å². The van der Waals surface area contributed by atoms with Gasteiger partial charge in [-0.3, -0.25) is 9.59 Å². The van der Waals surface area contributed by atoms with Gasteiger partial charge in [-0.05, 0) is 47.9 Å². The Labute approximate surface area is 237 Å². The van der Waals surface area contributed by atoms with Crippen molar-refractivity contribution in [3.8, 4) is 5.75 Å². The van der Waals surface area contributed by atoms with E-state index in [0.29, 0.717) is 18.7 Å². The molecule has 1 saturated heterocycles. The van der Waals surface area contributed by atoms with Gasteiger partial charge >= 0.3 is 0 Å². The number of carbonyl (C=O) groups is 2. The van der Waals surface area contributed by atoms with Crippen LogP contribution < -0.4 is 20.1 Å². The number of benzene rings is 3. The predicted molar refractivity (Wildman–Crippen MR) is 160 cm³/mol. The summed E-state index contributed by atoms with van der Waals surface area (Å²) in [5.74, 6) is 0.356. The van der Waals surface area contributed by atoms with Crippen molar-refractivity contribution >= 4 is 36.4 Å². The van der Waals surface area contributed by atoms with E-state index in [0.717, 1.165) is 22.6 Å². The van der Waals surface area contributed by atoms with Gasteiger partial charge in [-0.1, -0.05) is 67.7 Å². The molecular weight excluding hydrogens is 520 g/mol. The molecule has 4 atom stereocenters. The summed E-state index contributed by atoms with van der Waals surface area (Å²) in [6.07, 6.45) is 0.136. The lowest BCUT2D eigenvalue weighted by Gasteiger charge is -2.37. The van der Waals surface area contributed by atoms with Gasteiger partial charge in [-0.2, -0.15) is 0 Å². The summed E-state index contributed by atoms with van der Waals surface area (Å²) in [6.45, 7) is 8.62. The van der Waals surface area contributed by atoms with Crippen molar-refractivity contribution in [2.75, 3.05) is 23.9 Å². The molecule has 1 spiro atoms. The molecule has 0 bridgehead atoms. The molecule has 210 valence electrons. The van der Waals surface area contributed by atoms with Crippen molar-refractivity contribution in [1.29, 1.82) is 0 Å². The second-order valence-corrected chi connectivity index (χ2v) is 16.1. The molecular formula is C32H38N2O5Si. The molecule has 2 aliphatic heterocycles. The van der Waals surface area contributed by atoms with Crippen LogP contribution in [-0.4, -0.2) is 44.8 Å². The number of hydrogen-bond acceptors (Lipinski definition) is 5. The van der Waals surface area contributed by atoms with E-state index >= 15 is 0 Å². The summed E-state index contributed by atoms with van der Waals surface area (Å²) in [6, 6.07) is 23.8. The molecule has 5 rings (SSSR count). The van der Waals surface area contributed by atoms with E-state index in [2.05, 4.69) is 37.5 Å². The zero-order valence-electron chi connectivity index (χ0n) is 23.8. The first-order chi connectivity index (χ1) is 19.1. The maximum absolute atomic E-state index is 14.6. The number of nitrogens with zero attached hydrogens (tertiary/aromatic N) is 1. The Balaban J connectivity index is 1.63. The zero-order valence-corrected chi connectivity index (χ0v) is 24.8. The number of aliphatic hydroxyl groups is 1. The number of ether oxygens (including phenoxy) is 2. The molecule has 2 amide bonds. The predicted octanol–water partition coefficient (Wildman–Crippen LogP) is 4.80. The van der Waals surface area contributed by atoms with Crippen LogP contribution in [0.4, 0.5) is 11.4 Å². The summed E-state index contributed by atoms with van der Waals surface area (Å²) in [5, 5.41) is 14.2. The highest BCUT2D eigenvalue weighted by atomic mass is 28.3. The quantitative estimate of drug-likeness (QED) is 0.388. The molecule has 1 fully saturated rings. The molecule has 8 heteroatoms. The van der Waals surface area contributed by atoms with Crippen molar-refractivity contribution in [2.45, 2.75) is 57.2 Å². The molecule has 0 unspecified atom stereocenters. The number of amides is 2. The fourth-order valence-corrected chi connectivity index (χ4v) is 11.0. The van der Waals surface area contributed by atoms with Crippen LogP contribution in [0.3, 0.4) is 0 Å². The van der Waals surface area contributed by atoms with Crippen LogP contribution in [0.25, 0.3) is 0 Å². The minimum Gasteiger partial charge on any atom is -0.497 e. The highest BCUT2D eigenvalue weighted by Gasteiger charge is 2.66.